The van der Waals surface area contributed by atoms with Crippen LogP contribution < -0.4 is 10.6 Å². The lowest BCUT2D eigenvalue weighted by Gasteiger charge is -2.25. The van der Waals surface area contributed by atoms with Gasteiger partial charge in [-0.25, -0.2) is 0 Å². The van der Waals surface area contributed by atoms with E-state index in [2.05, 4.69) is 49.6 Å². The first-order valence-electron chi connectivity index (χ1n) is 8.31. The molecule has 0 aliphatic carbocycles. The molecule has 0 saturated carbocycles. The molecule has 0 radical (unpaired) electrons. The number of aryl methyl sites for hydroxylation is 1. The highest BCUT2D eigenvalue weighted by Gasteiger charge is 2.21. The number of hydrogen-bond donors (Lipinski definition) is 2. The van der Waals surface area contributed by atoms with Crippen LogP contribution in [-0.4, -0.2) is 19.0 Å². The van der Waals surface area contributed by atoms with E-state index in [1.807, 2.05) is 0 Å². The van der Waals surface area contributed by atoms with Crippen molar-refractivity contribution in [3.8, 4) is 0 Å². The van der Waals surface area contributed by atoms with Gasteiger partial charge in [0.25, 0.3) is 5.91 Å². The predicted molar refractivity (Wildman–Crippen MR) is 87.6 cm³/mol. The third-order valence-electron chi connectivity index (χ3n) is 4.47. The van der Waals surface area contributed by atoms with Crippen LogP contribution >= 0.6 is 0 Å². The van der Waals surface area contributed by atoms with E-state index >= 15 is 0 Å². The lowest BCUT2D eigenvalue weighted by molar-refractivity contribution is 0.0956. The fraction of sp³-hybridized carbons (Fsp3) is 0.611. The van der Waals surface area contributed by atoms with Crippen LogP contribution in [0.3, 0.4) is 0 Å². The van der Waals surface area contributed by atoms with Gasteiger partial charge in [-0.05, 0) is 48.9 Å². The van der Waals surface area contributed by atoms with Gasteiger partial charge in [-0.3, -0.25) is 4.79 Å². The SMILES string of the molecule is CCCNC(c1ccc2c(c1)C(=O)NCCC2)C(C)CC. The van der Waals surface area contributed by atoms with Gasteiger partial charge in [0.05, 0.1) is 0 Å². The molecule has 1 aliphatic heterocycles. The number of rotatable bonds is 6. The number of hydrogen-bond acceptors (Lipinski definition) is 2. The molecule has 1 aromatic carbocycles. The molecule has 1 heterocycles. The third kappa shape index (κ3) is 3.85. The van der Waals surface area contributed by atoms with Gasteiger partial charge < -0.3 is 10.6 Å². The van der Waals surface area contributed by atoms with Gasteiger partial charge >= 0.3 is 0 Å². The van der Waals surface area contributed by atoms with Gasteiger partial charge in [0.15, 0.2) is 0 Å². The molecule has 2 atom stereocenters. The maximum Gasteiger partial charge on any atom is 0.251 e. The van der Waals surface area contributed by atoms with E-state index in [0.717, 1.165) is 44.3 Å². The van der Waals surface area contributed by atoms with E-state index in [9.17, 15) is 4.79 Å². The van der Waals surface area contributed by atoms with Crippen molar-refractivity contribution in [2.24, 2.45) is 5.92 Å². The van der Waals surface area contributed by atoms with Gasteiger partial charge in [0.2, 0.25) is 0 Å². The number of carbonyl (C=O) groups is 1. The van der Waals surface area contributed by atoms with Gasteiger partial charge in [0, 0.05) is 18.2 Å². The van der Waals surface area contributed by atoms with Crippen LogP contribution in [0.4, 0.5) is 0 Å². The normalized spacial score (nSPS) is 17.6. The van der Waals surface area contributed by atoms with Gasteiger partial charge in [-0.2, -0.15) is 0 Å². The standard InChI is InChI=1S/C18H28N2O/c1-4-10-19-17(13(3)5-2)15-9-8-14-7-6-11-20-18(21)16(14)12-15/h8-9,12-13,17,19H,4-7,10-11H2,1-3H3,(H,20,21). The van der Waals surface area contributed by atoms with E-state index in [0.29, 0.717) is 12.0 Å². The quantitative estimate of drug-likeness (QED) is 0.842. The molecule has 1 amide bonds. The summed E-state index contributed by atoms with van der Waals surface area (Å²) in [5, 5.41) is 6.64. The number of fused-ring (bicyclic) bond motifs is 1. The maximum absolute atomic E-state index is 12.2. The summed E-state index contributed by atoms with van der Waals surface area (Å²) in [5.41, 5.74) is 3.30. The Hall–Kier alpha value is -1.35. The first-order chi connectivity index (χ1) is 10.2. The molecule has 3 heteroatoms. The summed E-state index contributed by atoms with van der Waals surface area (Å²) >= 11 is 0. The largest absolute Gasteiger partial charge is 0.352 e. The molecule has 2 rings (SSSR count). The molecule has 2 unspecified atom stereocenters. The molecule has 3 nitrogen and oxygen atoms in total. The van der Waals surface area contributed by atoms with Crippen LogP contribution in [0.5, 0.6) is 0 Å². The summed E-state index contributed by atoms with van der Waals surface area (Å²) in [6.07, 6.45) is 4.27. The molecule has 1 aliphatic rings. The lowest BCUT2D eigenvalue weighted by Crippen LogP contribution is -2.28. The Labute approximate surface area is 128 Å². The van der Waals surface area contributed by atoms with Crippen LogP contribution in [0, 0.1) is 5.92 Å². The van der Waals surface area contributed by atoms with E-state index in [4.69, 9.17) is 0 Å². The summed E-state index contributed by atoms with van der Waals surface area (Å²) in [4.78, 5) is 12.2. The van der Waals surface area contributed by atoms with Crippen molar-refractivity contribution in [2.45, 2.75) is 52.5 Å². The average Bonchev–Trinajstić information content (AvgIpc) is 2.69. The number of benzene rings is 1. The topological polar surface area (TPSA) is 41.1 Å². The molecule has 0 spiro atoms. The van der Waals surface area contributed by atoms with Crippen LogP contribution in [0.1, 0.15) is 67.6 Å². The Morgan fingerprint density at radius 1 is 1.33 bits per heavy atom. The predicted octanol–water partition coefficient (Wildman–Crippen LogP) is 3.45. The summed E-state index contributed by atoms with van der Waals surface area (Å²) < 4.78 is 0. The first kappa shape index (κ1) is 16.0. The van der Waals surface area contributed by atoms with Crippen molar-refractivity contribution in [1.82, 2.24) is 10.6 Å². The summed E-state index contributed by atoms with van der Waals surface area (Å²) in [6.45, 7) is 8.48. The molecule has 0 fully saturated rings. The Morgan fingerprint density at radius 3 is 2.86 bits per heavy atom. The lowest BCUT2D eigenvalue weighted by atomic mass is 9.89. The Balaban J connectivity index is 2.30. The minimum atomic E-state index is 0.0859. The number of carbonyl (C=O) groups excluding carboxylic acids is 1. The number of nitrogens with one attached hydrogen (secondary N) is 2. The summed E-state index contributed by atoms with van der Waals surface area (Å²) in [5.74, 6) is 0.645. The van der Waals surface area contributed by atoms with Crippen molar-refractivity contribution < 1.29 is 4.79 Å². The molecule has 2 N–H and O–H groups in total. The van der Waals surface area contributed by atoms with Crippen LogP contribution in [0.25, 0.3) is 0 Å². The minimum Gasteiger partial charge on any atom is -0.352 e. The summed E-state index contributed by atoms with van der Waals surface area (Å²) in [6, 6.07) is 6.79. The maximum atomic E-state index is 12.2. The second-order valence-corrected chi connectivity index (χ2v) is 6.09. The monoisotopic (exact) mass is 288 g/mol. The smallest absolute Gasteiger partial charge is 0.251 e. The summed E-state index contributed by atoms with van der Waals surface area (Å²) in [7, 11) is 0. The molecule has 0 saturated heterocycles. The Bertz CT molecular complexity index is 484. The van der Waals surface area contributed by atoms with Crippen molar-refractivity contribution in [1.29, 1.82) is 0 Å². The van der Waals surface area contributed by atoms with Crippen molar-refractivity contribution >= 4 is 5.91 Å². The van der Waals surface area contributed by atoms with E-state index in [1.165, 1.54) is 11.1 Å². The minimum absolute atomic E-state index is 0.0859. The second-order valence-electron chi connectivity index (χ2n) is 6.09. The molecule has 0 aromatic heterocycles. The molecule has 116 valence electrons. The Morgan fingerprint density at radius 2 is 2.14 bits per heavy atom. The van der Waals surface area contributed by atoms with Gasteiger partial charge in [-0.15, -0.1) is 0 Å². The highest BCUT2D eigenvalue weighted by molar-refractivity contribution is 5.96. The van der Waals surface area contributed by atoms with Crippen molar-refractivity contribution in [2.75, 3.05) is 13.1 Å². The third-order valence-corrected chi connectivity index (χ3v) is 4.47. The number of amides is 1. The van der Waals surface area contributed by atoms with Crippen molar-refractivity contribution in [3.05, 3.63) is 34.9 Å². The molecule has 1 aromatic rings. The molecule has 0 bridgehead atoms. The van der Waals surface area contributed by atoms with Gasteiger partial charge in [-0.1, -0.05) is 39.3 Å². The fourth-order valence-electron chi connectivity index (χ4n) is 2.98. The van der Waals surface area contributed by atoms with Crippen LogP contribution in [0.2, 0.25) is 0 Å². The first-order valence-corrected chi connectivity index (χ1v) is 8.31. The average molecular weight is 288 g/mol. The fourth-order valence-corrected chi connectivity index (χ4v) is 2.98. The van der Waals surface area contributed by atoms with Crippen LogP contribution in [-0.2, 0) is 6.42 Å². The van der Waals surface area contributed by atoms with E-state index in [1.54, 1.807) is 0 Å². The van der Waals surface area contributed by atoms with E-state index < -0.39 is 0 Å². The molecular formula is C18H28N2O. The Kier molecular flexibility index (Phi) is 5.80. The highest BCUT2D eigenvalue weighted by Crippen LogP contribution is 2.27. The second kappa shape index (κ2) is 7.60. The highest BCUT2D eigenvalue weighted by atomic mass is 16.1. The zero-order valence-electron chi connectivity index (χ0n) is 13.5. The molecular weight excluding hydrogens is 260 g/mol. The zero-order valence-corrected chi connectivity index (χ0v) is 13.5. The van der Waals surface area contributed by atoms with Crippen molar-refractivity contribution in [3.63, 3.8) is 0 Å². The van der Waals surface area contributed by atoms with Crippen LogP contribution in [0.15, 0.2) is 18.2 Å². The van der Waals surface area contributed by atoms with Gasteiger partial charge in [0.1, 0.15) is 0 Å². The zero-order chi connectivity index (χ0) is 15.2. The van der Waals surface area contributed by atoms with E-state index in [-0.39, 0.29) is 5.91 Å². The molecule has 21 heavy (non-hydrogen) atoms.